The molecule has 0 aliphatic carbocycles. The van der Waals surface area contributed by atoms with Crippen LogP contribution >= 0.6 is 35.6 Å². The summed E-state index contributed by atoms with van der Waals surface area (Å²) in [5.74, 6) is 1.73. The van der Waals surface area contributed by atoms with Crippen molar-refractivity contribution in [2.45, 2.75) is 26.3 Å². The number of halogens is 2. The first-order valence-electron chi connectivity index (χ1n) is 9.16. The van der Waals surface area contributed by atoms with Gasteiger partial charge in [-0.25, -0.2) is 4.98 Å². The van der Waals surface area contributed by atoms with E-state index in [-0.39, 0.29) is 24.0 Å². The van der Waals surface area contributed by atoms with E-state index >= 15 is 0 Å². The van der Waals surface area contributed by atoms with Gasteiger partial charge in [0.05, 0.1) is 0 Å². The highest BCUT2D eigenvalue weighted by atomic mass is 127. The average molecular weight is 503 g/mol. The molecule has 2 N–H and O–H groups in total. The van der Waals surface area contributed by atoms with Crippen LogP contribution in [0.2, 0.25) is 5.02 Å². The number of unbranched alkanes of at least 4 members (excludes halogenated alkanes) is 1. The lowest BCUT2D eigenvalue weighted by Gasteiger charge is -2.36. The highest BCUT2D eigenvalue weighted by molar-refractivity contribution is 14.0. The quantitative estimate of drug-likeness (QED) is 0.285. The monoisotopic (exact) mass is 502 g/mol. The minimum absolute atomic E-state index is 0. The van der Waals surface area contributed by atoms with Crippen molar-refractivity contribution in [1.29, 1.82) is 0 Å². The number of hydrogen-bond acceptors (Lipinski definition) is 3. The first-order valence-corrected chi connectivity index (χ1v) is 9.54. The Balaban J connectivity index is 0.00000261. The number of nitrogens with zero attached hydrogens (tertiary/aromatic N) is 5. The summed E-state index contributed by atoms with van der Waals surface area (Å²) in [6.45, 7) is 7.46. The molecule has 2 aromatic rings. The third-order valence-corrected chi connectivity index (χ3v) is 5.05. The van der Waals surface area contributed by atoms with Crippen LogP contribution in [0.3, 0.4) is 0 Å². The van der Waals surface area contributed by atoms with Gasteiger partial charge < -0.3 is 20.1 Å². The first kappa shape index (κ1) is 21.8. The molecule has 0 unspecified atom stereocenters. The molecule has 1 aromatic heterocycles. The van der Waals surface area contributed by atoms with Gasteiger partial charge in [-0.1, -0.05) is 11.6 Å². The van der Waals surface area contributed by atoms with E-state index < -0.39 is 0 Å². The van der Waals surface area contributed by atoms with Gasteiger partial charge in [-0.3, -0.25) is 4.99 Å². The molecule has 1 aromatic carbocycles. The van der Waals surface area contributed by atoms with Crippen molar-refractivity contribution in [3.05, 3.63) is 47.5 Å². The predicted molar refractivity (Wildman–Crippen MR) is 123 cm³/mol. The molecular formula is C19H28ClIN6. The molecular weight excluding hydrogens is 475 g/mol. The summed E-state index contributed by atoms with van der Waals surface area (Å²) in [5, 5.41) is 0.770. The number of piperazine rings is 1. The van der Waals surface area contributed by atoms with Crippen molar-refractivity contribution in [1.82, 2.24) is 14.5 Å². The minimum Gasteiger partial charge on any atom is -0.370 e. The molecule has 1 saturated heterocycles. The van der Waals surface area contributed by atoms with Crippen LogP contribution in [-0.4, -0.2) is 53.1 Å². The van der Waals surface area contributed by atoms with Gasteiger partial charge in [0.25, 0.3) is 0 Å². The largest absolute Gasteiger partial charge is 0.370 e. The van der Waals surface area contributed by atoms with Gasteiger partial charge in [-0.15, -0.1) is 24.0 Å². The Morgan fingerprint density at radius 2 is 1.85 bits per heavy atom. The zero-order chi connectivity index (χ0) is 18.4. The van der Waals surface area contributed by atoms with E-state index in [0.29, 0.717) is 5.96 Å². The highest BCUT2D eigenvalue weighted by Gasteiger charge is 2.18. The third kappa shape index (κ3) is 6.27. The number of benzene rings is 1. The van der Waals surface area contributed by atoms with E-state index in [0.717, 1.165) is 63.0 Å². The number of hydrogen-bond donors (Lipinski definition) is 1. The standard InChI is InChI=1S/C19H27ClN6.HI/c1-16-22-9-11-24(16)10-3-2-8-23-19(21)26-14-12-25(13-15-26)18-6-4-17(20)5-7-18;/h4-7,9,11H,2-3,8,10,12-15H2,1H3,(H2,21,23);1H. The van der Waals surface area contributed by atoms with E-state index in [9.17, 15) is 0 Å². The van der Waals surface area contributed by atoms with Crippen LogP contribution < -0.4 is 10.6 Å². The maximum absolute atomic E-state index is 6.18. The van der Waals surface area contributed by atoms with E-state index in [1.54, 1.807) is 0 Å². The second-order valence-corrected chi connectivity index (χ2v) is 7.00. The topological polar surface area (TPSA) is 62.7 Å². The van der Waals surface area contributed by atoms with Crippen molar-refractivity contribution in [2.75, 3.05) is 37.6 Å². The number of guanidine groups is 1. The molecule has 1 aliphatic rings. The van der Waals surface area contributed by atoms with Crippen LogP contribution in [0, 0.1) is 6.92 Å². The second kappa shape index (κ2) is 10.8. The molecule has 0 bridgehead atoms. The molecule has 0 spiro atoms. The Bertz CT molecular complexity index is 722. The van der Waals surface area contributed by atoms with Gasteiger partial charge in [0.15, 0.2) is 5.96 Å². The van der Waals surface area contributed by atoms with Crippen LogP contribution in [0.1, 0.15) is 18.7 Å². The smallest absolute Gasteiger partial charge is 0.191 e. The summed E-state index contributed by atoms with van der Waals surface area (Å²) in [7, 11) is 0. The van der Waals surface area contributed by atoms with Crippen molar-refractivity contribution in [2.24, 2.45) is 10.7 Å². The Kier molecular flexibility index (Phi) is 8.69. The van der Waals surface area contributed by atoms with Crippen LogP contribution in [0.5, 0.6) is 0 Å². The average Bonchev–Trinajstić information content (AvgIpc) is 3.07. The maximum Gasteiger partial charge on any atom is 0.191 e. The molecule has 148 valence electrons. The zero-order valence-electron chi connectivity index (χ0n) is 15.7. The summed E-state index contributed by atoms with van der Waals surface area (Å²) in [5.41, 5.74) is 7.39. The molecule has 0 radical (unpaired) electrons. The summed E-state index contributed by atoms with van der Waals surface area (Å²) in [4.78, 5) is 13.3. The third-order valence-electron chi connectivity index (χ3n) is 4.80. The number of imidazole rings is 1. The van der Waals surface area contributed by atoms with Crippen LogP contribution in [0.4, 0.5) is 5.69 Å². The Morgan fingerprint density at radius 1 is 1.15 bits per heavy atom. The number of aromatic nitrogens is 2. The summed E-state index contributed by atoms with van der Waals surface area (Å²) < 4.78 is 2.17. The van der Waals surface area contributed by atoms with Crippen LogP contribution in [0.25, 0.3) is 0 Å². The lowest BCUT2D eigenvalue weighted by molar-refractivity contribution is 0.380. The van der Waals surface area contributed by atoms with Gasteiger partial charge >= 0.3 is 0 Å². The van der Waals surface area contributed by atoms with Crippen LogP contribution in [-0.2, 0) is 6.54 Å². The maximum atomic E-state index is 6.18. The number of aliphatic imine (C=N–C) groups is 1. The van der Waals surface area contributed by atoms with Crippen molar-refractivity contribution in [3.8, 4) is 0 Å². The van der Waals surface area contributed by atoms with E-state index in [1.807, 2.05) is 31.5 Å². The fraction of sp³-hybridized carbons (Fsp3) is 0.474. The van der Waals surface area contributed by atoms with Gasteiger partial charge in [0, 0.05) is 62.4 Å². The zero-order valence-corrected chi connectivity index (χ0v) is 18.8. The molecule has 0 atom stereocenters. The van der Waals surface area contributed by atoms with Crippen LogP contribution in [0.15, 0.2) is 41.7 Å². The summed E-state index contributed by atoms with van der Waals surface area (Å²) in [6, 6.07) is 8.00. The Morgan fingerprint density at radius 3 is 2.48 bits per heavy atom. The molecule has 1 fully saturated rings. The fourth-order valence-electron chi connectivity index (χ4n) is 3.17. The molecule has 0 saturated carbocycles. The molecule has 27 heavy (non-hydrogen) atoms. The van der Waals surface area contributed by atoms with E-state index in [1.165, 1.54) is 5.69 Å². The van der Waals surface area contributed by atoms with Crippen molar-refractivity contribution in [3.63, 3.8) is 0 Å². The van der Waals surface area contributed by atoms with Crippen molar-refractivity contribution < 1.29 is 0 Å². The lowest BCUT2D eigenvalue weighted by atomic mass is 10.2. The van der Waals surface area contributed by atoms with Gasteiger partial charge in [0.2, 0.25) is 0 Å². The van der Waals surface area contributed by atoms with Gasteiger partial charge in [0.1, 0.15) is 5.82 Å². The molecule has 2 heterocycles. The Hall–Kier alpha value is -1.48. The fourth-order valence-corrected chi connectivity index (χ4v) is 3.30. The predicted octanol–water partition coefficient (Wildman–Crippen LogP) is 3.38. The SMILES string of the molecule is Cc1nccn1CCCCN=C(N)N1CCN(c2ccc(Cl)cc2)CC1.I. The number of rotatable bonds is 6. The second-order valence-electron chi connectivity index (χ2n) is 6.57. The molecule has 1 aliphatic heterocycles. The number of nitrogens with two attached hydrogens (primary N) is 1. The minimum atomic E-state index is 0. The summed E-state index contributed by atoms with van der Waals surface area (Å²) in [6.07, 6.45) is 5.98. The van der Waals surface area contributed by atoms with Gasteiger partial charge in [-0.2, -0.15) is 0 Å². The summed E-state index contributed by atoms with van der Waals surface area (Å²) >= 11 is 5.96. The lowest BCUT2D eigenvalue weighted by Crippen LogP contribution is -2.51. The number of anilines is 1. The molecule has 6 nitrogen and oxygen atoms in total. The van der Waals surface area contributed by atoms with E-state index in [2.05, 4.69) is 36.5 Å². The van der Waals surface area contributed by atoms with E-state index in [4.69, 9.17) is 17.3 Å². The molecule has 8 heteroatoms. The van der Waals surface area contributed by atoms with Crippen molar-refractivity contribution >= 4 is 47.2 Å². The molecule has 0 amide bonds. The Labute approximate surface area is 183 Å². The molecule has 3 rings (SSSR count). The normalized spacial score (nSPS) is 15.0. The highest BCUT2D eigenvalue weighted by Crippen LogP contribution is 2.19. The van der Waals surface area contributed by atoms with Gasteiger partial charge in [-0.05, 0) is 44.0 Å². The number of aryl methyl sites for hydroxylation is 2. The first-order chi connectivity index (χ1) is 12.6.